The summed E-state index contributed by atoms with van der Waals surface area (Å²) in [6.45, 7) is 2.09. The summed E-state index contributed by atoms with van der Waals surface area (Å²) >= 11 is 1.74. The standard InChI is InChI=1S/C24H23NOS/c1-18-10-14-21(15-11-18)27-17-16-24(26)25-22-8-4-2-6-19(22)12-13-20-7-3-5-9-23(20)25/h2-11,14-15H,12-13,16-17H2,1H3. The van der Waals surface area contributed by atoms with Crippen LogP contribution >= 0.6 is 11.8 Å². The summed E-state index contributed by atoms with van der Waals surface area (Å²) in [6.07, 6.45) is 2.45. The minimum atomic E-state index is 0.163. The summed E-state index contributed by atoms with van der Waals surface area (Å²) in [7, 11) is 0. The van der Waals surface area contributed by atoms with Crippen molar-refractivity contribution in [1.29, 1.82) is 0 Å². The van der Waals surface area contributed by atoms with E-state index in [9.17, 15) is 4.79 Å². The largest absolute Gasteiger partial charge is 0.280 e. The van der Waals surface area contributed by atoms with Crippen molar-refractivity contribution >= 4 is 29.0 Å². The molecular formula is C24H23NOS. The molecule has 3 heteroatoms. The monoisotopic (exact) mass is 373 g/mol. The Morgan fingerprint density at radius 3 is 2.00 bits per heavy atom. The van der Waals surface area contributed by atoms with Crippen molar-refractivity contribution in [1.82, 2.24) is 0 Å². The van der Waals surface area contributed by atoms with Gasteiger partial charge in [-0.25, -0.2) is 0 Å². The second-order valence-corrected chi connectivity index (χ2v) is 8.07. The van der Waals surface area contributed by atoms with Gasteiger partial charge in [0.05, 0.1) is 11.4 Å². The van der Waals surface area contributed by atoms with Crippen molar-refractivity contribution in [2.75, 3.05) is 10.7 Å². The van der Waals surface area contributed by atoms with Gasteiger partial charge in [0.15, 0.2) is 0 Å². The van der Waals surface area contributed by atoms with E-state index in [0.717, 1.165) is 30.0 Å². The zero-order valence-electron chi connectivity index (χ0n) is 15.5. The van der Waals surface area contributed by atoms with Crippen LogP contribution in [0.4, 0.5) is 11.4 Å². The normalized spacial score (nSPS) is 12.9. The molecule has 4 rings (SSSR count). The second-order valence-electron chi connectivity index (χ2n) is 6.90. The Hall–Kier alpha value is -2.52. The van der Waals surface area contributed by atoms with Crippen LogP contribution in [0, 0.1) is 6.92 Å². The van der Waals surface area contributed by atoms with Crippen molar-refractivity contribution in [2.45, 2.75) is 31.1 Å². The maximum Gasteiger partial charge on any atom is 0.232 e. The van der Waals surface area contributed by atoms with Crippen LogP contribution in [0.2, 0.25) is 0 Å². The van der Waals surface area contributed by atoms with E-state index in [2.05, 4.69) is 67.6 Å². The smallest absolute Gasteiger partial charge is 0.232 e. The summed E-state index contributed by atoms with van der Waals surface area (Å²) in [5.41, 5.74) is 5.82. The molecule has 3 aromatic rings. The van der Waals surface area contributed by atoms with Crippen LogP contribution in [0.5, 0.6) is 0 Å². The molecule has 0 unspecified atom stereocenters. The number of carbonyl (C=O) groups excluding carboxylic acids is 1. The maximum absolute atomic E-state index is 13.2. The average Bonchev–Trinajstić information content (AvgIpc) is 2.86. The van der Waals surface area contributed by atoms with E-state index in [1.54, 1.807) is 11.8 Å². The molecule has 1 heterocycles. The highest BCUT2D eigenvalue weighted by Crippen LogP contribution is 2.36. The number of hydrogen-bond donors (Lipinski definition) is 0. The van der Waals surface area contributed by atoms with E-state index in [-0.39, 0.29) is 5.91 Å². The number of anilines is 2. The number of thioether (sulfide) groups is 1. The van der Waals surface area contributed by atoms with E-state index in [1.807, 2.05) is 17.0 Å². The fourth-order valence-corrected chi connectivity index (χ4v) is 4.39. The molecule has 0 atom stereocenters. The highest BCUT2D eigenvalue weighted by atomic mass is 32.2. The van der Waals surface area contributed by atoms with Gasteiger partial charge in [0.25, 0.3) is 0 Å². The lowest BCUT2D eigenvalue weighted by Gasteiger charge is -2.25. The SMILES string of the molecule is Cc1ccc(SCCC(=O)N2c3ccccc3CCc3ccccc32)cc1. The lowest BCUT2D eigenvalue weighted by Crippen LogP contribution is -2.27. The molecule has 0 aromatic heterocycles. The first-order valence-corrected chi connectivity index (χ1v) is 10.4. The molecule has 0 fully saturated rings. The third-order valence-corrected chi connectivity index (χ3v) is 6.00. The number of hydrogen-bond acceptors (Lipinski definition) is 2. The number of aryl methyl sites for hydroxylation is 3. The van der Waals surface area contributed by atoms with Gasteiger partial charge in [0.2, 0.25) is 5.91 Å². The average molecular weight is 374 g/mol. The predicted octanol–water partition coefficient (Wildman–Crippen LogP) is 5.94. The van der Waals surface area contributed by atoms with Crippen LogP contribution in [0.25, 0.3) is 0 Å². The van der Waals surface area contributed by atoms with Crippen LogP contribution in [-0.2, 0) is 17.6 Å². The Morgan fingerprint density at radius 2 is 1.41 bits per heavy atom. The van der Waals surface area contributed by atoms with Gasteiger partial charge in [0, 0.05) is 17.1 Å². The van der Waals surface area contributed by atoms with Crippen molar-refractivity contribution < 1.29 is 4.79 Å². The van der Waals surface area contributed by atoms with Crippen LogP contribution in [0.3, 0.4) is 0 Å². The van der Waals surface area contributed by atoms with Gasteiger partial charge in [-0.3, -0.25) is 9.69 Å². The predicted molar refractivity (Wildman–Crippen MR) is 114 cm³/mol. The van der Waals surface area contributed by atoms with Crippen LogP contribution < -0.4 is 4.90 Å². The van der Waals surface area contributed by atoms with Gasteiger partial charge in [-0.1, -0.05) is 54.1 Å². The highest BCUT2D eigenvalue weighted by molar-refractivity contribution is 7.99. The van der Waals surface area contributed by atoms with Gasteiger partial charge in [0.1, 0.15) is 0 Å². The number of fused-ring (bicyclic) bond motifs is 2. The Labute approximate surface area is 165 Å². The fraction of sp³-hybridized carbons (Fsp3) is 0.208. The summed E-state index contributed by atoms with van der Waals surface area (Å²) in [6, 6.07) is 25.1. The van der Waals surface area contributed by atoms with Gasteiger partial charge in [-0.15, -0.1) is 11.8 Å². The highest BCUT2D eigenvalue weighted by Gasteiger charge is 2.25. The molecule has 0 saturated heterocycles. The summed E-state index contributed by atoms with van der Waals surface area (Å²) < 4.78 is 0. The van der Waals surface area contributed by atoms with Crippen LogP contribution in [0.1, 0.15) is 23.1 Å². The molecule has 0 spiro atoms. The van der Waals surface area contributed by atoms with Crippen molar-refractivity contribution in [3.63, 3.8) is 0 Å². The van der Waals surface area contributed by atoms with Gasteiger partial charge in [-0.05, 0) is 55.2 Å². The third kappa shape index (κ3) is 3.93. The third-order valence-electron chi connectivity index (χ3n) is 4.98. The quantitative estimate of drug-likeness (QED) is 0.527. The molecule has 0 bridgehead atoms. The molecular weight excluding hydrogens is 350 g/mol. The molecule has 3 aromatic carbocycles. The van der Waals surface area contributed by atoms with Crippen molar-refractivity contribution in [2.24, 2.45) is 0 Å². The molecule has 0 N–H and O–H groups in total. The minimum absolute atomic E-state index is 0.163. The molecule has 1 aliphatic heterocycles. The lowest BCUT2D eigenvalue weighted by atomic mass is 10.0. The number of nitrogens with zero attached hydrogens (tertiary/aromatic N) is 1. The van der Waals surface area contributed by atoms with Gasteiger partial charge >= 0.3 is 0 Å². The minimum Gasteiger partial charge on any atom is -0.280 e. The van der Waals surface area contributed by atoms with E-state index >= 15 is 0 Å². The topological polar surface area (TPSA) is 20.3 Å². The fourth-order valence-electron chi connectivity index (χ4n) is 3.55. The Morgan fingerprint density at radius 1 is 0.852 bits per heavy atom. The summed E-state index contributed by atoms with van der Waals surface area (Å²) in [4.78, 5) is 16.4. The Kier molecular flexibility index (Phi) is 5.30. The number of carbonyl (C=O) groups is 1. The first-order chi connectivity index (χ1) is 13.2. The van der Waals surface area contributed by atoms with Crippen molar-refractivity contribution in [3.8, 4) is 0 Å². The molecule has 0 radical (unpaired) electrons. The Bertz CT molecular complexity index is 901. The summed E-state index contributed by atoms with van der Waals surface area (Å²) in [5, 5.41) is 0. The molecule has 0 saturated carbocycles. The zero-order valence-corrected chi connectivity index (χ0v) is 16.3. The maximum atomic E-state index is 13.2. The molecule has 27 heavy (non-hydrogen) atoms. The van der Waals surface area contributed by atoms with Gasteiger partial charge < -0.3 is 0 Å². The number of para-hydroxylation sites is 2. The first-order valence-electron chi connectivity index (χ1n) is 9.40. The van der Waals surface area contributed by atoms with E-state index in [1.165, 1.54) is 21.6 Å². The van der Waals surface area contributed by atoms with Crippen LogP contribution in [0.15, 0.2) is 77.7 Å². The first kappa shape index (κ1) is 17.9. The molecule has 0 aliphatic carbocycles. The van der Waals surface area contributed by atoms with Gasteiger partial charge in [-0.2, -0.15) is 0 Å². The van der Waals surface area contributed by atoms with Crippen LogP contribution in [-0.4, -0.2) is 11.7 Å². The number of benzene rings is 3. The molecule has 1 aliphatic rings. The Balaban J connectivity index is 1.56. The van der Waals surface area contributed by atoms with Crippen molar-refractivity contribution in [3.05, 3.63) is 89.5 Å². The molecule has 136 valence electrons. The van der Waals surface area contributed by atoms with E-state index in [4.69, 9.17) is 0 Å². The second kappa shape index (κ2) is 8.01. The van der Waals surface area contributed by atoms with E-state index in [0.29, 0.717) is 6.42 Å². The lowest BCUT2D eigenvalue weighted by molar-refractivity contribution is -0.117. The zero-order chi connectivity index (χ0) is 18.6. The van der Waals surface area contributed by atoms with E-state index < -0.39 is 0 Å². The molecule has 1 amide bonds. The number of amides is 1. The summed E-state index contributed by atoms with van der Waals surface area (Å²) in [5.74, 6) is 0.944. The number of rotatable bonds is 4. The molecule has 2 nitrogen and oxygen atoms in total.